The molecule has 0 radical (unpaired) electrons. The lowest BCUT2D eigenvalue weighted by Crippen LogP contribution is -2.38. The van der Waals surface area contributed by atoms with Gasteiger partial charge in [-0.2, -0.15) is 0 Å². The Labute approximate surface area is 108 Å². The summed E-state index contributed by atoms with van der Waals surface area (Å²) in [6.07, 6.45) is 0. The summed E-state index contributed by atoms with van der Waals surface area (Å²) in [5.41, 5.74) is 0.118. The number of carbonyl (C=O) groups is 1. The molecule has 1 amide bonds. The second-order valence-corrected chi connectivity index (χ2v) is 4.31. The van der Waals surface area contributed by atoms with Gasteiger partial charge in [0.1, 0.15) is 11.3 Å². The molecular weight excluding hydrogens is 248 g/mol. The first-order valence-electron chi connectivity index (χ1n) is 5.68. The first-order chi connectivity index (χ1) is 8.88. The lowest BCUT2D eigenvalue weighted by molar-refractivity contribution is 0.0958. The smallest absolute Gasteiger partial charge is 0.332 e. The summed E-state index contributed by atoms with van der Waals surface area (Å²) in [6, 6.07) is 1.53. The Kier molecular flexibility index (Phi) is 2.97. The zero-order valence-corrected chi connectivity index (χ0v) is 11.1. The summed E-state index contributed by atoms with van der Waals surface area (Å²) in [7, 11) is 4.42. The van der Waals surface area contributed by atoms with Gasteiger partial charge in [-0.25, -0.2) is 9.78 Å². The molecule has 0 fully saturated rings. The van der Waals surface area contributed by atoms with Crippen LogP contribution in [0.1, 0.15) is 16.1 Å². The molecule has 0 aliphatic rings. The molecule has 0 spiro atoms. The van der Waals surface area contributed by atoms with E-state index < -0.39 is 11.2 Å². The second kappa shape index (κ2) is 4.34. The number of aromatic nitrogens is 3. The zero-order chi connectivity index (χ0) is 14.3. The van der Waals surface area contributed by atoms with Gasteiger partial charge < -0.3 is 5.32 Å². The van der Waals surface area contributed by atoms with Crippen LogP contribution < -0.4 is 16.6 Å². The largest absolute Gasteiger partial charge is 0.354 e. The summed E-state index contributed by atoms with van der Waals surface area (Å²) in [5, 5.41) is 2.81. The topological polar surface area (TPSA) is 86.0 Å². The van der Waals surface area contributed by atoms with Gasteiger partial charge in [0.15, 0.2) is 0 Å². The molecule has 2 heterocycles. The number of hydrogen-bond donors (Lipinski definition) is 1. The Hall–Kier alpha value is -2.44. The molecule has 2 aromatic rings. The molecule has 0 saturated carbocycles. The fraction of sp³-hybridized carbons (Fsp3) is 0.333. The molecule has 100 valence electrons. The van der Waals surface area contributed by atoms with Crippen molar-refractivity contribution in [2.75, 3.05) is 7.05 Å². The van der Waals surface area contributed by atoms with Gasteiger partial charge in [0, 0.05) is 21.1 Å². The number of rotatable bonds is 1. The monoisotopic (exact) mass is 262 g/mol. The summed E-state index contributed by atoms with van der Waals surface area (Å²) >= 11 is 0. The molecule has 2 aromatic heterocycles. The maximum absolute atomic E-state index is 12.1. The predicted octanol–water partition coefficient (Wildman–Crippen LogP) is -0.700. The molecule has 2 rings (SSSR count). The van der Waals surface area contributed by atoms with E-state index in [1.165, 1.54) is 31.8 Å². The van der Waals surface area contributed by atoms with Crippen LogP contribution in [0.5, 0.6) is 0 Å². The average Bonchev–Trinajstić information content (AvgIpc) is 2.40. The van der Waals surface area contributed by atoms with Gasteiger partial charge >= 0.3 is 5.69 Å². The molecule has 0 aromatic carbocycles. The third-order valence-corrected chi connectivity index (χ3v) is 3.07. The van der Waals surface area contributed by atoms with E-state index in [1.807, 2.05) is 0 Å². The van der Waals surface area contributed by atoms with Crippen molar-refractivity contribution in [3.8, 4) is 0 Å². The van der Waals surface area contributed by atoms with E-state index in [1.54, 1.807) is 6.92 Å². The van der Waals surface area contributed by atoms with Gasteiger partial charge in [0.25, 0.3) is 11.5 Å². The summed E-state index contributed by atoms with van der Waals surface area (Å²) in [5.74, 6) is -0.363. The highest BCUT2D eigenvalue weighted by molar-refractivity contribution is 5.94. The van der Waals surface area contributed by atoms with Crippen molar-refractivity contribution in [2.45, 2.75) is 6.92 Å². The maximum Gasteiger partial charge on any atom is 0.332 e. The van der Waals surface area contributed by atoms with Crippen LogP contribution in [-0.4, -0.2) is 27.1 Å². The second-order valence-electron chi connectivity index (χ2n) is 4.31. The van der Waals surface area contributed by atoms with Gasteiger partial charge in [-0.3, -0.25) is 18.7 Å². The van der Waals surface area contributed by atoms with Gasteiger partial charge in [0.2, 0.25) is 0 Å². The number of hydrogen-bond acceptors (Lipinski definition) is 4. The molecule has 0 unspecified atom stereocenters. The number of amides is 1. The standard InChI is InChI=1S/C12H14N4O3/c1-6-5-7(10(17)13-2)14-9-8(6)11(18)16(4)12(19)15(9)3/h5H,1-4H3,(H,13,17). The van der Waals surface area contributed by atoms with Gasteiger partial charge in [-0.05, 0) is 18.6 Å². The van der Waals surface area contributed by atoms with Crippen molar-refractivity contribution < 1.29 is 4.79 Å². The molecule has 0 atom stereocenters. The van der Waals surface area contributed by atoms with Crippen molar-refractivity contribution in [1.29, 1.82) is 0 Å². The van der Waals surface area contributed by atoms with Crippen LogP contribution in [0.3, 0.4) is 0 Å². The first kappa shape index (κ1) is 13.0. The van der Waals surface area contributed by atoms with E-state index in [9.17, 15) is 14.4 Å². The van der Waals surface area contributed by atoms with Crippen LogP contribution >= 0.6 is 0 Å². The van der Waals surface area contributed by atoms with Crippen LogP contribution in [-0.2, 0) is 14.1 Å². The third-order valence-electron chi connectivity index (χ3n) is 3.07. The molecule has 0 bridgehead atoms. The minimum absolute atomic E-state index is 0.177. The third kappa shape index (κ3) is 1.83. The molecule has 19 heavy (non-hydrogen) atoms. The Morgan fingerprint density at radius 3 is 2.47 bits per heavy atom. The predicted molar refractivity (Wildman–Crippen MR) is 70.4 cm³/mol. The van der Waals surface area contributed by atoms with Gasteiger partial charge in [-0.15, -0.1) is 0 Å². The first-order valence-corrected chi connectivity index (χ1v) is 5.68. The highest BCUT2D eigenvalue weighted by atomic mass is 16.2. The normalized spacial score (nSPS) is 10.7. The van der Waals surface area contributed by atoms with Crippen molar-refractivity contribution in [1.82, 2.24) is 19.4 Å². The number of pyridine rings is 1. The molecule has 0 saturated heterocycles. The van der Waals surface area contributed by atoms with Crippen molar-refractivity contribution in [2.24, 2.45) is 14.1 Å². The SMILES string of the molecule is CNC(=O)c1cc(C)c2c(=O)n(C)c(=O)n(C)c2n1. The van der Waals surface area contributed by atoms with Crippen LogP contribution in [0, 0.1) is 6.92 Å². The molecule has 1 N–H and O–H groups in total. The van der Waals surface area contributed by atoms with Crippen LogP contribution in [0.15, 0.2) is 15.7 Å². The van der Waals surface area contributed by atoms with Gasteiger partial charge in [0.05, 0.1) is 5.39 Å². The Bertz CT molecular complexity index is 801. The molecule has 0 aliphatic carbocycles. The van der Waals surface area contributed by atoms with E-state index in [4.69, 9.17) is 0 Å². The van der Waals surface area contributed by atoms with Crippen molar-refractivity contribution >= 4 is 16.9 Å². The Balaban J connectivity index is 3.02. The molecule has 7 nitrogen and oxygen atoms in total. The van der Waals surface area contributed by atoms with E-state index in [-0.39, 0.29) is 17.2 Å². The molecular formula is C12H14N4O3. The quantitative estimate of drug-likeness (QED) is 0.736. The minimum Gasteiger partial charge on any atom is -0.354 e. The van der Waals surface area contributed by atoms with Gasteiger partial charge in [-0.1, -0.05) is 0 Å². The van der Waals surface area contributed by atoms with E-state index >= 15 is 0 Å². The fourth-order valence-electron chi connectivity index (χ4n) is 1.98. The fourth-order valence-corrected chi connectivity index (χ4v) is 1.98. The lowest BCUT2D eigenvalue weighted by Gasteiger charge is -2.10. The van der Waals surface area contributed by atoms with Crippen LogP contribution in [0.4, 0.5) is 0 Å². The number of carbonyl (C=O) groups excluding carboxylic acids is 1. The number of nitrogens with one attached hydrogen (secondary N) is 1. The van der Waals surface area contributed by atoms with Crippen molar-refractivity contribution in [3.63, 3.8) is 0 Å². The summed E-state index contributed by atoms with van der Waals surface area (Å²) < 4.78 is 2.28. The maximum atomic E-state index is 12.1. The summed E-state index contributed by atoms with van der Waals surface area (Å²) in [4.78, 5) is 39.7. The number of aryl methyl sites for hydroxylation is 2. The van der Waals surface area contributed by atoms with E-state index in [2.05, 4.69) is 10.3 Å². The highest BCUT2D eigenvalue weighted by Crippen LogP contribution is 2.12. The Morgan fingerprint density at radius 1 is 1.26 bits per heavy atom. The minimum atomic E-state index is -0.474. The lowest BCUT2D eigenvalue weighted by atomic mass is 10.1. The number of nitrogens with zero attached hydrogens (tertiary/aromatic N) is 3. The van der Waals surface area contributed by atoms with E-state index in [0.29, 0.717) is 10.9 Å². The molecule has 0 aliphatic heterocycles. The summed E-state index contributed by atoms with van der Waals surface area (Å²) in [6.45, 7) is 1.71. The zero-order valence-electron chi connectivity index (χ0n) is 11.1. The van der Waals surface area contributed by atoms with E-state index in [0.717, 1.165) is 4.57 Å². The van der Waals surface area contributed by atoms with Crippen LogP contribution in [0.25, 0.3) is 11.0 Å². The van der Waals surface area contributed by atoms with Crippen molar-refractivity contribution in [3.05, 3.63) is 38.2 Å². The van der Waals surface area contributed by atoms with Crippen LogP contribution in [0.2, 0.25) is 0 Å². The average molecular weight is 262 g/mol. The number of fused-ring (bicyclic) bond motifs is 1. The Morgan fingerprint density at radius 2 is 1.89 bits per heavy atom. The molecule has 7 heteroatoms. The highest BCUT2D eigenvalue weighted by Gasteiger charge is 2.15.